The quantitative estimate of drug-likeness (QED) is 0.645. The Bertz CT molecular complexity index is 1090. The van der Waals surface area contributed by atoms with Crippen LogP contribution in [0.1, 0.15) is 20.8 Å². The van der Waals surface area contributed by atoms with E-state index >= 15 is 0 Å². The van der Waals surface area contributed by atoms with E-state index in [1.807, 2.05) is 32.9 Å². The lowest BCUT2D eigenvalue weighted by Crippen LogP contribution is -2.50. The number of nitrogens with zero attached hydrogens (tertiary/aromatic N) is 5. The summed E-state index contributed by atoms with van der Waals surface area (Å²) in [6.45, 7) is 7.77. The number of hydrogen-bond donors (Lipinski definition) is 1. The summed E-state index contributed by atoms with van der Waals surface area (Å²) in [7, 11) is 0. The summed E-state index contributed by atoms with van der Waals surface area (Å²) in [5.74, 6) is 1.25. The number of anilines is 1. The van der Waals surface area contributed by atoms with E-state index in [9.17, 15) is 13.8 Å². The molecule has 0 bridgehead atoms. The fourth-order valence-corrected chi connectivity index (χ4v) is 3.82. The van der Waals surface area contributed by atoms with E-state index in [0.717, 1.165) is 0 Å². The zero-order chi connectivity index (χ0) is 22.2. The van der Waals surface area contributed by atoms with Gasteiger partial charge in [-0.2, -0.15) is 0 Å². The molecule has 0 aliphatic carbocycles. The Morgan fingerprint density at radius 2 is 1.74 bits per heavy atom. The molecule has 164 valence electrons. The monoisotopic (exact) mass is 445 g/mol. The molecule has 4 rings (SSSR count). The summed E-state index contributed by atoms with van der Waals surface area (Å²) >= 11 is 0.0367. The van der Waals surface area contributed by atoms with Gasteiger partial charge in [0.15, 0.2) is 23.8 Å². The summed E-state index contributed by atoms with van der Waals surface area (Å²) in [4.78, 5) is 25.2. The second kappa shape index (κ2) is 8.26. The lowest BCUT2D eigenvalue weighted by Gasteiger charge is -2.36. The number of benzene rings is 1. The van der Waals surface area contributed by atoms with Crippen molar-refractivity contribution in [2.75, 3.05) is 31.1 Å². The van der Waals surface area contributed by atoms with Gasteiger partial charge >= 0.3 is 6.09 Å². The summed E-state index contributed by atoms with van der Waals surface area (Å²) < 4.78 is 20.6. The summed E-state index contributed by atoms with van der Waals surface area (Å²) in [5.41, 5.74) is 1.14. The molecule has 2 aromatic heterocycles. The molecule has 0 spiro atoms. The van der Waals surface area contributed by atoms with Gasteiger partial charge in [0, 0.05) is 31.7 Å². The maximum Gasteiger partial charge on any atom is 0.410 e. The number of amides is 1. The second-order valence-corrected chi connectivity index (χ2v) is 8.82. The zero-order valence-corrected chi connectivity index (χ0v) is 18.4. The first-order valence-electron chi connectivity index (χ1n) is 9.96. The molecule has 0 saturated carbocycles. The van der Waals surface area contributed by atoms with Crippen molar-refractivity contribution in [1.29, 1.82) is 0 Å². The minimum absolute atomic E-state index is 0.0367. The van der Waals surface area contributed by atoms with Gasteiger partial charge in [0.1, 0.15) is 22.7 Å². The molecule has 1 aliphatic heterocycles. The Kier molecular flexibility index (Phi) is 5.65. The van der Waals surface area contributed by atoms with Gasteiger partial charge in [-0.3, -0.25) is 0 Å². The van der Waals surface area contributed by atoms with Crippen LogP contribution in [0.25, 0.3) is 22.6 Å². The van der Waals surface area contributed by atoms with Crippen LogP contribution in [0.4, 0.5) is 14.5 Å². The number of halogens is 1. The number of phenolic OH excluding ortho intramolecular Hbond substituents is 1. The number of aromatic hydroxyl groups is 1. The minimum atomic E-state index is -0.529. The van der Waals surface area contributed by atoms with Gasteiger partial charge in [-0.05, 0) is 57.2 Å². The Morgan fingerprint density at radius 1 is 1.06 bits per heavy atom. The maximum atomic E-state index is 13.8. The molecule has 0 unspecified atom stereocenters. The van der Waals surface area contributed by atoms with E-state index in [1.165, 1.54) is 16.1 Å². The van der Waals surface area contributed by atoms with Crippen molar-refractivity contribution < 1.29 is 18.5 Å². The van der Waals surface area contributed by atoms with Crippen molar-refractivity contribution in [2.24, 2.45) is 0 Å². The molecule has 3 heterocycles. The molecule has 1 amide bonds. The van der Waals surface area contributed by atoms with Crippen LogP contribution in [0.15, 0.2) is 36.4 Å². The first-order chi connectivity index (χ1) is 14.7. The highest BCUT2D eigenvalue weighted by atomic mass is 32.2. The second-order valence-electron chi connectivity index (χ2n) is 8.31. The smallest absolute Gasteiger partial charge is 0.410 e. The summed E-state index contributed by atoms with van der Waals surface area (Å²) in [6, 6.07) is 10.1. The molecule has 1 N–H and O–H groups in total. The molecule has 0 atom stereocenters. The van der Waals surface area contributed by atoms with Crippen LogP contribution in [0, 0.1) is 0 Å². The Labute approximate surface area is 184 Å². The standard InChI is InChI=1S/C21H24FN5O3S/c1-21(2,3)30-20(29)26-12-10-25(11-13-26)17-9-8-16-19(24-17)27(31-22)18(23-16)14-4-6-15(28)7-5-14/h4-9,28H,10-13H2,1-3H3. The number of imidazole rings is 1. The molecule has 31 heavy (non-hydrogen) atoms. The third-order valence-electron chi connectivity index (χ3n) is 4.90. The highest BCUT2D eigenvalue weighted by Crippen LogP contribution is 2.31. The number of piperazine rings is 1. The fourth-order valence-electron chi connectivity index (χ4n) is 3.41. The van der Waals surface area contributed by atoms with Gasteiger partial charge < -0.3 is 19.6 Å². The van der Waals surface area contributed by atoms with Crippen molar-refractivity contribution in [3.05, 3.63) is 36.4 Å². The van der Waals surface area contributed by atoms with Crippen LogP contribution in [-0.2, 0) is 4.74 Å². The normalized spacial score (nSPS) is 14.8. The van der Waals surface area contributed by atoms with Crippen molar-refractivity contribution in [1.82, 2.24) is 18.8 Å². The molecule has 8 nitrogen and oxygen atoms in total. The molecule has 3 aromatic rings. The number of fused-ring (bicyclic) bond motifs is 1. The summed E-state index contributed by atoms with van der Waals surface area (Å²) in [5, 5.41) is 9.50. The van der Waals surface area contributed by atoms with Crippen LogP contribution < -0.4 is 4.90 Å². The molecule has 1 aromatic carbocycles. The van der Waals surface area contributed by atoms with Gasteiger partial charge in [-0.1, -0.05) is 0 Å². The third-order valence-corrected chi connectivity index (χ3v) is 5.38. The van der Waals surface area contributed by atoms with Crippen LogP contribution in [0.3, 0.4) is 0 Å². The van der Waals surface area contributed by atoms with Gasteiger partial charge in [-0.15, -0.1) is 3.89 Å². The number of pyridine rings is 1. The third kappa shape index (κ3) is 4.53. The largest absolute Gasteiger partial charge is 0.508 e. The molecule has 10 heteroatoms. The van der Waals surface area contributed by atoms with Crippen LogP contribution in [0.2, 0.25) is 0 Å². The van der Waals surface area contributed by atoms with Crippen LogP contribution in [-0.4, -0.2) is 61.8 Å². The molecule has 1 saturated heterocycles. The Balaban J connectivity index is 1.55. The number of carbonyl (C=O) groups excluding carboxylic acids is 1. The van der Waals surface area contributed by atoms with E-state index in [1.54, 1.807) is 17.0 Å². The minimum Gasteiger partial charge on any atom is -0.508 e. The number of rotatable bonds is 3. The van der Waals surface area contributed by atoms with Gasteiger partial charge in [0.2, 0.25) is 0 Å². The predicted molar refractivity (Wildman–Crippen MR) is 119 cm³/mol. The highest BCUT2D eigenvalue weighted by molar-refractivity contribution is 7.93. The maximum absolute atomic E-state index is 13.8. The predicted octanol–water partition coefficient (Wildman–Crippen LogP) is 4.24. The van der Waals surface area contributed by atoms with Crippen molar-refractivity contribution in [3.63, 3.8) is 0 Å². The lowest BCUT2D eigenvalue weighted by atomic mass is 10.2. The number of ether oxygens (including phenoxy) is 1. The number of phenols is 1. The zero-order valence-electron chi connectivity index (χ0n) is 17.6. The van der Waals surface area contributed by atoms with E-state index < -0.39 is 5.60 Å². The average Bonchev–Trinajstić information content (AvgIpc) is 3.11. The van der Waals surface area contributed by atoms with E-state index in [-0.39, 0.29) is 24.2 Å². The van der Waals surface area contributed by atoms with Gasteiger partial charge in [0.05, 0.1) is 0 Å². The van der Waals surface area contributed by atoms with Gasteiger partial charge in [0.25, 0.3) is 0 Å². The molecule has 1 fully saturated rings. The first kappa shape index (κ1) is 21.2. The van der Waals surface area contributed by atoms with E-state index in [4.69, 9.17) is 4.74 Å². The van der Waals surface area contributed by atoms with Crippen molar-refractivity contribution in [3.8, 4) is 17.1 Å². The van der Waals surface area contributed by atoms with Crippen LogP contribution in [0.5, 0.6) is 5.75 Å². The fraction of sp³-hybridized carbons (Fsp3) is 0.381. The average molecular weight is 446 g/mol. The number of aromatic nitrogens is 3. The number of carbonyl (C=O) groups is 1. The Hall–Kier alpha value is -3.01. The molecular formula is C21H24FN5O3S. The van der Waals surface area contributed by atoms with Crippen molar-refractivity contribution in [2.45, 2.75) is 26.4 Å². The first-order valence-corrected chi connectivity index (χ1v) is 10.6. The highest BCUT2D eigenvalue weighted by Gasteiger charge is 2.27. The number of hydrogen-bond acceptors (Lipinski definition) is 7. The Morgan fingerprint density at radius 3 is 2.35 bits per heavy atom. The topological polar surface area (TPSA) is 83.7 Å². The lowest BCUT2D eigenvalue weighted by molar-refractivity contribution is 0.0240. The SMILES string of the molecule is CC(C)(C)OC(=O)N1CCN(c2ccc3nc(-c4ccc(O)cc4)n(SF)c3n2)CC1. The molecule has 1 aliphatic rings. The van der Waals surface area contributed by atoms with Crippen LogP contribution >= 0.6 is 12.3 Å². The van der Waals surface area contributed by atoms with E-state index in [0.29, 0.717) is 54.5 Å². The van der Waals surface area contributed by atoms with Gasteiger partial charge in [-0.25, -0.2) is 18.7 Å². The molecular weight excluding hydrogens is 421 g/mol. The van der Waals surface area contributed by atoms with E-state index in [2.05, 4.69) is 14.9 Å². The van der Waals surface area contributed by atoms with Crippen molar-refractivity contribution >= 4 is 35.4 Å². The molecule has 0 radical (unpaired) electrons. The summed E-state index contributed by atoms with van der Waals surface area (Å²) in [6.07, 6.45) is -0.319.